The number of aryl methyl sites for hydroxylation is 2. The molecule has 2 heterocycles. The molecule has 1 aliphatic heterocycles. The summed E-state index contributed by atoms with van der Waals surface area (Å²) in [5, 5.41) is 3.51. The Morgan fingerprint density at radius 3 is 2.93 bits per heavy atom. The summed E-state index contributed by atoms with van der Waals surface area (Å²) in [6.45, 7) is 5.16. The van der Waals surface area contributed by atoms with E-state index in [1.165, 1.54) is 30.5 Å². The molecule has 0 radical (unpaired) electrons. The molecule has 2 rings (SSSR count). The van der Waals surface area contributed by atoms with Gasteiger partial charge in [-0.3, -0.25) is 0 Å². The van der Waals surface area contributed by atoms with Crippen molar-refractivity contribution in [3.8, 4) is 0 Å². The molecular weight excluding hydrogens is 174 g/mol. The van der Waals surface area contributed by atoms with Crippen LogP contribution in [0.2, 0.25) is 0 Å². The summed E-state index contributed by atoms with van der Waals surface area (Å²) in [7, 11) is 0. The van der Waals surface area contributed by atoms with Crippen molar-refractivity contribution in [1.82, 2.24) is 15.3 Å². The Balaban J connectivity index is 2.24. The molecule has 0 saturated carbocycles. The molecule has 0 aromatic carbocycles. The fourth-order valence-corrected chi connectivity index (χ4v) is 1.99. The number of piperidine rings is 1. The van der Waals surface area contributed by atoms with E-state index in [0.29, 0.717) is 6.04 Å². The van der Waals surface area contributed by atoms with Crippen LogP contribution in [0.15, 0.2) is 6.20 Å². The first-order valence-corrected chi connectivity index (χ1v) is 5.31. The Morgan fingerprint density at radius 1 is 1.36 bits per heavy atom. The van der Waals surface area contributed by atoms with E-state index < -0.39 is 0 Å². The Morgan fingerprint density at radius 2 is 2.21 bits per heavy atom. The van der Waals surface area contributed by atoms with E-state index in [1.54, 1.807) is 0 Å². The van der Waals surface area contributed by atoms with Gasteiger partial charge in [0.2, 0.25) is 0 Å². The van der Waals surface area contributed by atoms with Gasteiger partial charge < -0.3 is 5.32 Å². The van der Waals surface area contributed by atoms with Gasteiger partial charge in [0, 0.05) is 12.2 Å². The van der Waals surface area contributed by atoms with E-state index in [4.69, 9.17) is 0 Å². The van der Waals surface area contributed by atoms with Crippen molar-refractivity contribution in [3.63, 3.8) is 0 Å². The monoisotopic (exact) mass is 191 g/mol. The molecule has 1 atom stereocenters. The van der Waals surface area contributed by atoms with Crippen LogP contribution in [-0.4, -0.2) is 16.5 Å². The van der Waals surface area contributed by atoms with Gasteiger partial charge in [0.05, 0.1) is 5.69 Å². The Bertz CT molecular complexity index is 316. The maximum atomic E-state index is 4.52. The topological polar surface area (TPSA) is 37.8 Å². The maximum absolute atomic E-state index is 4.52. The average molecular weight is 191 g/mol. The summed E-state index contributed by atoms with van der Waals surface area (Å²) in [5.41, 5.74) is 2.40. The normalized spacial score (nSPS) is 22.3. The number of rotatable bonds is 1. The highest BCUT2D eigenvalue weighted by Gasteiger charge is 2.17. The highest BCUT2D eigenvalue weighted by atomic mass is 15.0. The molecule has 1 aromatic rings. The molecule has 3 heteroatoms. The summed E-state index contributed by atoms with van der Waals surface area (Å²) in [6.07, 6.45) is 5.73. The molecule has 76 valence electrons. The summed E-state index contributed by atoms with van der Waals surface area (Å²) in [6, 6.07) is 0.449. The first kappa shape index (κ1) is 9.59. The second kappa shape index (κ2) is 4.05. The summed E-state index contributed by atoms with van der Waals surface area (Å²) in [4.78, 5) is 8.72. The van der Waals surface area contributed by atoms with E-state index in [-0.39, 0.29) is 0 Å². The zero-order valence-electron chi connectivity index (χ0n) is 8.88. The minimum absolute atomic E-state index is 0.449. The predicted octanol–water partition coefficient (Wildman–Crippen LogP) is 1.91. The van der Waals surface area contributed by atoms with Gasteiger partial charge in [-0.05, 0) is 38.8 Å². The molecule has 14 heavy (non-hydrogen) atoms. The summed E-state index contributed by atoms with van der Waals surface area (Å²) >= 11 is 0. The number of hydrogen-bond donors (Lipinski definition) is 1. The van der Waals surface area contributed by atoms with E-state index in [2.05, 4.69) is 22.2 Å². The molecule has 1 fully saturated rings. The van der Waals surface area contributed by atoms with Gasteiger partial charge in [-0.25, -0.2) is 9.97 Å². The van der Waals surface area contributed by atoms with Crippen molar-refractivity contribution in [2.75, 3.05) is 6.54 Å². The van der Waals surface area contributed by atoms with E-state index in [0.717, 1.165) is 12.4 Å². The minimum atomic E-state index is 0.449. The highest BCUT2D eigenvalue weighted by Crippen LogP contribution is 2.23. The van der Waals surface area contributed by atoms with Crippen molar-refractivity contribution in [3.05, 3.63) is 23.3 Å². The highest BCUT2D eigenvalue weighted by molar-refractivity contribution is 5.19. The third-order valence-corrected chi connectivity index (χ3v) is 2.77. The van der Waals surface area contributed by atoms with Crippen LogP contribution in [0.5, 0.6) is 0 Å². The van der Waals surface area contributed by atoms with Gasteiger partial charge in [0.25, 0.3) is 0 Å². The maximum Gasteiger partial charge on any atom is 0.125 e. The third-order valence-electron chi connectivity index (χ3n) is 2.77. The standard InChI is InChI=1S/C11H17N3/c1-8-7-13-9(2)14-11(8)10-5-3-4-6-12-10/h7,10,12H,3-6H2,1-2H3. The quantitative estimate of drug-likeness (QED) is 0.736. The molecule has 1 aliphatic rings. The lowest BCUT2D eigenvalue weighted by atomic mass is 9.99. The fraction of sp³-hybridized carbons (Fsp3) is 0.636. The van der Waals surface area contributed by atoms with Crippen molar-refractivity contribution in [1.29, 1.82) is 0 Å². The third kappa shape index (κ3) is 1.93. The largest absolute Gasteiger partial charge is 0.309 e. The lowest BCUT2D eigenvalue weighted by molar-refractivity contribution is 0.403. The van der Waals surface area contributed by atoms with E-state index in [9.17, 15) is 0 Å². The predicted molar refractivity (Wildman–Crippen MR) is 56.1 cm³/mol. The molecule has 1 aromatic heterocycles. The molecule has 1 saturated heterocycles. The molecule has 0 amide bonds. The molecule has 1 N–H and O–H groups in total. The van der Waals surface area contributed by atoms with E-state index >= 15 is 0 Å². The second-order valence-electron chi connectivity index (χ2n) is 3.99. The number of aromatic nitrogens is 2. The van der Waals surface area contributed by atoms with Gasteiger partial charge >= 0.3 is 0 Å². The molecule has 0 spiro atoms. The van der Waals surface area contributed by atoms with Crippen molar-refractivity contribution >= 4 is 0 Å². The lowest BCUT2D eigenvalue weighted by Gasteiger charge is -2.24. The van der Waals surface area contributed by atoms with Gasteiger partial charge in [-0.15, -0.1) is 0 Å². The van der Waals surface area contributed by atoms with Crippen LogP contribution in [0.4, 0.5) is 0 Å². The molecule has 0 aliphatic carbocycles. The number of hydrogen-bond acceptors (Lipinski definition) is 3. The van der Waals surface area contributed by atoms with Gasteiger partial charge in [0.1, 0.15) is 5.82 Å². The van der Waals surface area contributed by atoms with Crippen LogP contribution in [0.1, 0.15) is 42.4 Å². The number of nitrogens with zero attached hydrogens (tertiary/aromatic N) is 2. The molecule has 0 bridgehead atoms. The van der Waals surface area contributed by atoms with Gasteiger partial charge in [-0.2, -0.15) is 0 Å². The summed E-state index contributed by atoms with van der Waals surface area (Å²) in [5.74, 6) is 0.873. The van der Waals surface area contributed by atoms with Gasteiger partial charge in [0.15, 0.2) is 0 Å². The van der Waals surface area contributed by atoms with Gasteiger partial charge in [-0.1, -0.05) is 6.42 Å². The smallest absolute Gasteiger partial charge is 0.125 e. The van der Waals surface area contributed by atoms with Crippen molar-refractivity contribution in [2.45, 2.75) is 39.2 Å². The van der Waals surface area contributed by atoms with Crippen LogP contribution in [-0.2, 0) is 0 Å². The average Bonchev–Trinajstić information content (AvgIpc) is 2.23. The van der Waals surface area contributed by atoms with Crippen LogP contribution in [0.3, 0.4) is 0 Å². The zero-order chi connectivity index (χ0) is 9.97. The fourth-order valence-electron chi connectivity index (χ4n) is 1.99. The second-order valence-corrected chi connectivity index (χ2v) is 3.99. The van der Waals surface area contributed by atoms with Crippen LogP contribution in [0.25, 0.3) is 0 Å². The summed E-state index contributed by atoms with van der Waals surface area (Å²) < 4.78 is 0. The van der Waals surface area contributed by atoms with Crippen LogP contribution in [0, 0.1) is 13.8 Å². The Hall–Kier alpha value is -0.960. The molecule has 1 unspecified atom stereocenters. The molecule has 3 nitrogen and oxygen atoms in total. The van der Waals surface area contributed by atoms with Crippen LogP contribution >= 0.6 is 0 Å². The zero-order valence-corrected chi connectivity index (χ0v) is 8.88. The first-order valence-electron chi connectivity index (χ1n) is 5.31. The minimum Gasteiger partial charge on any atom is -0.309 e. The SMILES string of the molecule is Cc1ncc(C)c(C2CCCCN2)n1. The number of nitrogens with one attached hydrogen (secondary N) is 1. The lowest BCUT2D eigenvalue weighted by Crippen LogP contribution is -2.28. The Labute approximate surface area is 85.0 Å². The van der Waals surface area contributed by atoms with Crippen molar-refractivity contribution < 1.29 is 0 Å². The van der Waals surface area contributed by atoms with E-state index in [1.807, 2.05) is 13.1 Å². The van der Waals surface area contributed by atoms with Crippen LogP contribution < -0.4 is 5.32 Å². The molecular formula is C11H17N3. The Kier molecular flexibility index (Phi) is 2.77. The van der Waals surface area contributed by atoms with Crippen molar-refractivity contribution in [2.24, 2.45) is 0 Å². The first-order chi connectivity index (χ1) is 6.77.